The van der Waals surface area contributed by atoms with Gasteiger partial charge >= 0.3 is 0 Å². The Morgan fingerprint density at radius 3 is 2.32 bits per heavy atom. The van der Waals surface area contributed by atoms with Crippen LogP contribution >= 0.6 is 0 Å². The number of phenolic OH excluding ortho intramolecular Hbond substituents is 1. The highest BCUT2D eigenvalue weighted by atomic mass is 16.7. The lowest BCUT2D eigenvalue weighted by molar-refractivity contribution is 0.174. The van der Waals surface area contributed by atoms with E-state index in [0.29, 0.717) is 11.5 Å². The van der Waals surface area contributed by atoms with Crippen molar-refractivity contribution >= 4 is 16.3 Å². The molecule has 0 saturated carbocycles. The molecule has 0 unspecified atom stereocenters. The number of benzene rings is 3. The van der Waals surface area contributed by atoms with Crippen LogP contribution in [-0.4, -0.2) is 11.9 Å². The van der Waals surface area contributed by atoms with Gasteiger partial charge in [-0.3, -0.25) is 0 Å². The highest BCUT2D eigenvalue weighted by Gasteiger charge is 2.18. The molecule has 3 aromatic rings. The topological polar surface area (TPSA) is 38.7 Å². The van der Waals surface area contributed by atoms with Gasteiger partial charge in [0.2, 0.25) is 6.79 Å². The lowest BCUT2D eigenvalue weighted by Crippen LogP contribution is -1.92. The lowest BCUT2D eigenvalue weighted by Gasteiger charge is -2.12. The van der Waals surface area contributed by atoms with Crippen LogP contribution in [-0.2, 0) is 0 Å². The molecule has 3 heteroatoms. The largest absolute Gasteiger partial charge is 0.507 e. The zero-order valence-electron chi connectivity index (χ0n) is 11.9. The molecule has 0 saturated heterocycles. The normalized spacial score (nSPS) is 12.5. The monoisotopic (exact) mass is 290 g/mol. The van der Waals surface area contributed by atoms with Crippen molar-refractivity contribution in [3.8, 4) is 17.2 Å². The Hall–Kier alpha value is -2.94. The van der Waals surface area contributed by atoms with E-state index in [9.17, 15) is 5.11 Å². The van der Waals surface area contributed by atoms with Gasteiger partial charge in [0.15, 0.2) is 11.5 Å². The Kier molecular flexibility index (Phi) is 2.79. The van der Waals surface area contributed by atoms with Crippen molar-refractivity contribution in [2.24, 2.45) is 0 Å². The zero-order valence-corrected chi connectivity index (χ0v) is 11.9. The van der Waals surface area contributed by atoms with Crippen molar-refractivity contribution in [2.75, 3.05) is 6.79 Å². The summed E-state index contributed by atoms with van der Waals surface area (Å²) in [7, 11) is 0. The van der Waals surface area contributed by atoms with Crippen LogP contribution in [0.4, 0.5) is 0 Å². The molecule has 108 valence electrons. The van der Waals surface area contributed by atoms with E-state index >= 15 is 0 Å². The first-order valence-electron chi connectivity index (χ1n) is 7.04. The van der Waals surface area contributed by atoms with Crippen LogP contribution in [0.25, 0.3) is 16.3 Å². The second kappa shape index (κ2) is 4.81. The average Bonchev–Trinajstić information content (AvgIpc) is 3.01. The van der Waals surface area contributed by atoms with E-state index in [1.165, 1.54) is 0 Å². The Bertz CT molecular complexity index is 882. The minimum absolute atomic E-state index is 0.210. The van der Waals surface area contributed by atoms with Gasteiger partial charge in [0, 0.05) is 5.39 Å². The van der Waals surface area contributed by atoms with Crippen molar-refractivity contribution in [1.29, 1.82) is 0 Å². The van der Waals surface area contributed by atoms with Crippen molar-refractivity contribution in [2.45, 2.75) is 0 Å². The molecule has 1 aliphatic rings. The van der Waals surface area contributed by atoms with Gasteiger partial charge in [0.25, 0.3) is 0 Å². The zero-order chi connectivity index (χ0) is 15.1. The molecule has 1 N–H and O–H groups in total. The molecule has 0 atom stereocenters. The molecule has 3 aromatic carbocycles. The Morgan fingerprint density at radius 2 is 1.59 bits per heavy atom. The summed E-state index contributed by atoms with van der Waals surface area (Å²) < 4.78 is 10.8. The summed E-state index contributed by atoms with van der Waals surface area (Å²) in [5, 5.41) is 11.8. The molecule has 0 aliphatic carbocycles. The van der Waals surface area contributed by atoms with Crippen LogP contribution in [0.3, 0.4) is 0 Å². The minimum Gasteiger partial charge on any atom is -0.507 e. The molecular formula is C19H14O3. The molecule has 0 fully saturated rings. The molecular weight excluding hydrogens is 276 g/mol. The molecule has 0 amide bonds. The van der Waals surface area contributed by atoms with Crippen molar-refractivity contribution in [3.63, 3.8) is 0 Å². The van der Waals surface area contributed by atoms with Crippen LogP contribution in [0.2, 0.25) is 0 Å². The van der Waals surface area contributed by atoms with Gasteiger partial charge in [-0.25, -0.2) is 0 Å². The fourth-order valence-corrected chi connectivity index (χ4v) is 2.78. The fourth-order valence-electron chi connectivity index (χ4n) is 2.78. The molecule has 0 spiro atoms. The van der Waals surface area contributed by atoms with Gasteiger partial charge in [0.1, 0.15) is 5.75 Å². The third kappa shape index (κ3) is 1.91. The Morgan fingerprint density at radius 1 is 0.909 bits per heavy atom. The number of hydrogen-bond donors (Lipinski definition) is 1. The first-order valence-corrected chi connectivity index (χ1v) is 7.04. The van der Waals surface area contributed by atoms with Crippen molar-refractivity contribution < 1.29 is 14.6 Å². The van der Waals surface area contributed by atoms with Gasteiger partial charge in [-0.05, 0) is 40.3 Å². The van der Waals surface area contributed by atoms with Gasteiger partial charge in [-0.2, -0.15) is 0 Å². The summed E-state index contributed by atoms with van der Waals surface area (Å²) in [6, 6.07) is 17.3. The summed E-state index contributed by atoms with van der Waals surface area (Å²) in [4.78, 5) is 0. The van der Waals surface area contributed by atoms with Crippen molar-refractivity contribution in [1.82, 2.24) is 0 Å². The maximum absolute atomic E-state index is 10.2. The SMILES string of the molecule is C=C(c1ccccc1)c1ccc(O)c2cc3c(cc12)OCO3. The first kappa shape index (κ1) is 12.8. The second-order valence-electron chi connectivity index (χ2n) is 5.23. The molecule has 3 nitrogen and oxygen atoms in total. The Balaban J connectivity index is 1.95. The van der Waals surface area contributed by atoms with Crippen LogP contribution < -0.4 is 9.47 Å². The number of ether oxygens (including phenoxy) is 2. The summed E-state index contributed by atoms with van der Waals surface area (Å²) in [6.45, 7) is 4.42. The van der Waals surface area contributed by atoms with E-state index in [1.54, 1.807) is 6.07 Å². The minimum atomic E-state index is 0.210. The fraction of sp³-hybridized carbons (Fsp3) is 0.0526. The van der Waals surface area contributed by atoms with E-state index in [2.05, 4.69) is 6.58 Å². The van der Waals surface area contributed by atoms with Gasteiger partial charge in [0.05, 0.1) is 0 Å². The molecule has 0 radical (unpaired) electrons. The molecule has 22 heavy (non-hydrogen) atoms. The molecule has 1 heterocycles. The lowest BCUT2D eigenvalue weighted by atomic mass is 9.94. The van der Waals surface area contributed by atoms with E-state index in [4.69, 9.17) is 9.47 Å². The summed E-state index contributed by atoms with van der Waals surface area (Å²) in [5.74, 6) is 1.57. The third-order valence-corrected chi connectivity index (χ3v) is 3.93. The van der Waals surface area contributed by atoms with E-state index in [-0.39, 0.29) is 12.5 Å². The van der Waals surface area contributed by atoms with E-state index in [0.717, 1.165) is 27.5 Å². The van der Waals surface area contributed by atoms with Crippen LogP contribution in [0.15, 0.2) is 61.2 Å². The van der Waals surface area contributed by atoms with Gasteiger partial charge in [-0.15, -0.1) is 0 Å². The predicted molar refractivity (Wildman–Crippen MR) is 86.3 cm³/mol. The molecule has 4 rings (SSSR count). The van der Waals surface area contributed by atoms with Crippen molar-refractivity contribution in [3.05, 3.63) is 72.3 Å². The number of rotatable bonds is 2. The summed E-state index contributed by atoms with van der Waals surface area (Å²) >= 11 is 0. The first-order chi connectivity index (χ1) is 10.7. The standard InChI is InChI=1S/C19H14O3/c1-12(13-5-3-2-4-6-13)14-7-8-17(20)16-10-19-18(9-15(14)16)21-11-22-19/h2-10,20H,1,11H2. The summed E-state index contributed by atoms with van der Waals surface area (Å²) in [6.07, 6.45) is 0. The quantitative estimate of drug-likeness (QED) is 0.763. The smallest absolute Gasteiger partial charge is 0.231 e. The maximum atomic E-state index is 10.2. The molecule has 1 aliphatic heterocycles. The van der Waals surface area contributed by atoms with Crippen LogP contribution in [0.1, 0.15) is 11.1 Å². The highest BCUT2D eigenvalue weighted by molar-refractivity contribution is 6.01. The number of aromatic hydroxyl groups is 1. The number of phenols is 1. The number of fused-ring (bicyclic) bond motifs is 2. The number of hydrogen-bond acceptors (Lipinski definition) is 3. The summed E-state index contributed by atoms with van der Waals surface area (Å²) in [5.41, 5.74) is 2.92. The van der Waals surface area contributed by atoms with Gasteiger partial charge in [-0.1, -0.05) is 43.0 Å². The molecule has 0 bridgehead atoms. The van der Waals surface area contributed by atoms with Crippen LogP contribution in [0, 0.1) is 0 Å². The average molecular weight is 290 g/mol. The third-order valence-electron chi connectivity index (χ3n) is 3.93. The van der Waals surface area contributed by atoms with Crippen LogP contribution in [0.5, 0.6) is 17.2 Å². The Labute approximate surface area is 128 Å². The highest BCUT2D eigenvalue weighted by Crippen LogP contribution is 2.42. The second-order valence-corrected chi connectivity index (χ2v) is 5.23. The van der Waals surface area contributed by atoms with E-state index < -0.39 is 0 Å². The van der Waals surface area contributed by atoms with E-state index in [1.807, 2.05) is 48.5 Å². The van der Waals surface area contributed by atoms with Gasteiger partial charge < -0.3 is 14.6 Å². The molecule has 0 aromatic heterocycles. The predicted octanol–water partition coefficient (Wildman–Crippen LogP) is 4.34. The maximum Gasteiger partial charge on any atom is 0.231 e.